The van der Waals surface area contributed by atoms with Gasteiger partial charge in [0.1, 0.15) is 12.3 Å². The number of methoxy groups -OCH3 is 1. The maximum atomic E-state index is 12.1. The molecule has 1 aliphatic carbocycles. The van der Waals surface area contributed by atoms with Crippen LogP contribution in [-0.2, 0) is 9.53 Å². The van der Waals surface area contributed by atoms with Gasteiger partial charge in [-0.1, -0.05) is 18.0 Å². The van der Waals surface area contributed by atoms with Gasteiger partial charge in [-0.2, -0.15) is 0 Å². The van der Waals surface area contributed by atoms with Gasteiger partial charge in [-0.05, 0) is 19.8 Å². The maximum absolute atomic E-state index is 12.1. The fourth-order valence-electron chi connectivity index (χ4n) is 2.41. The van der Waals surface area contributed by atoms with Crippen molar-refractivity contribution < 1.29 is 14.1 Å². The summed E-state index contributed by atoms with van der Waals surface area (Å²) < 4.78 is 9.99. The van der Waals surface area contributed by atoms with Gasteiger partial charge in [0.05, 0.1) is 6.20 Å². The lowest BCUT2D eigenvalue weighted by atomic mass is 10.2. The molecule has 0 bridgehead atoms. The van der Waals surface area contributed by atoms with E-state index in [1.807, 2.05) is 6.92 Å². The average molecular weight is 238 g/mol. The van der Waals surface area contributed by atoms with Crippen molar-refractivity contribution in [2.75, 3.05) is 18.6 Å². The SMILES string of the molecule is COCC(=O)N(c1cnoc1C)C1CCCC1. The van der Waals surface area contributed by atoms with E-state index in [0.717, 1.165) is 18.5 Å². The predicted molar refractivity (Wildman–Crippen MR) is 62.9 cm³/mol. The smallest absolute Gasteiger partial charge is 0.253 e. The minimum absolute atomic E-state index is 0.0225. The van der Waals surface area contributed by atoms with Gasteiger partial charge in [-0.15, -0.1) is 0 Å². The number of amides is 1. The standard InChI is InChI=1S/C12H18N2O3/c1-9-11(7-13-17-9)14(12(15)8-16-2)10-5-3-4-6-10/h7,10H,3-6,8H2,1-2H3. The molecule has 0 spiro atoms. The lowest BCUT2D eigenvalue weighted by Gasteiger charge is -2.27. The molecule has 0 radical (unpaired) electrons. The Hall–Kier alpha value is -1.36. The number of hydrogen-bond donors (Lipinski definition) is 0. The number of carbonyl (C=O) groups excluding carboxylic acids is 1. The van der Waals surface area contributed by atoms with Crippen LogP contribution in [0.1, 0.15) is 31.4 Å². The van der Waals surface area contributed by atoms with E-state index >= 15 is 0 Å². The summed E-state index contributed by atoms with van der Waals surface area (Å²) in [6.07, 6.45) is 6.04. The monoisotopic (exact) mass is 238 g/mol. The number of hydrogen-bond acceptors (Lipinski definition) is 4. The number of carbonyl (C=O) groups is 1. The summed E-state index contributed by atoms with van der Waals surface area (Å²) in [6.45, 7) is 1.92. The van der Waals surface area contributed by atoms with Crippen LogP contribution in [-0.4, -0.2) is 30.8 Å². The summed E-state index contributed by atoms with van der Waals surface area (Å²) in [5, 5.41) is 3.75. The number of anilines is 1. The van der Waals surface area contributed by atoms with Gasteiger partial charge in [0.25, 0.3) is 5.91 Å². The lowest BCUT2D eigenvalue weighted by molar-refractivity contribution is -0.122. The second-order valence-corrected chi connectivity index (χ2v) is 4.40. The Morgan fingerprint density at radius 3 is 2.82 bits per heavy atom. The van der Waals surface area contributed by atoms with Crippen molar-refractivity contribution in [3.05, 3.63) is 12.0 Å². The summed E-state index contributed by atoms with van der Waals surface area (Å²) in [4.78, 5) is 13.9. The average Bonchev–Trinajstić information content (AvgIpc) is 2.93. The summed E-state index contributed by atoms with van der Waals surface area (Å²) >= 11 is 0. The highest BCUT2D eigenvalue weighted by atomic mass is 16.5. The van der Waals surface area contributed by atoms with Crippen LogP contribution >= 0.6 is 0 Å². The largest absolute Gasteiger partial charge is 0.375 e. The Labute approximate surface area is 101 Å². The zero-order chi connectivity index (χ0) is 12.3. The highest BCUT2D eigenvalue weighted by Crippen LogP contribution is 2.30. The highest BCUT2D eigenvalue weighted by molar-refractivity contribution is 5.95. The lowest BCUT2D eigenvalue weighted by Crippen LogP contribution is -2.41. The Bertz CT molecular complexity index is 383. The molecule has 5 nitrogen and oxygen atoms in total. The quantitative estimate of drug-likeness (QED) is 0.804. The zero-order valence-electron chi connectivity index (χ0n) is 10.3. The van der Waals surface area contributed by atoms with Gasteiger partial charge >= 0.3 is 0 Å². The minimum atomic E-state index is -0.0225. The van der Waals surface area contributed by atoms with E-state index in [2.05, 4.69) is 5.16 Å². The molecule has 0 aliphatic heterocycles. The van der Waals surface area contributed by atoms with Gasteiger partial charge in [0, 0.05) is 13.2 Å². The van der Waals surface area contributed by atoms with Crippen LogP contribution in [0.15, 0.2) is 10.7 Å². The van der Waals surface area contributed by atoms with Crippen LogP contribution in [0.5, 0.6) is 0 Å². The van der Waals surface area contributed by atoms with E-state index in [9.17, 15) is 4.79 Å². The Morgan fingerprint density at radius 1 is 1.59 bits per heavy atom. The molecule has 2 rings (SSSR count). The second kappa shape index (κ2) is 5.31. The third-order valence-corrected chi connectivity index (χ3v) is 3.21. The van der Waals surface area contributed by atoms with E-state index in [0.29, 0.717) is 5.76 Å². The molecule has 1 heterocycles. The molecule has 0 N–H and O–H groups in total. The van der Waals surface area contributed by atoms with Crippen molar-refractivity contribution in [3.63, 3.8) is 0 Å². The second-order valence-electron chi connectivity index (χ2n) is 4.40. The minimum Gasteiger partial charge on any atom is -0.375 e. The molecule has 94 valence electrons. The van der Waals surface area contributed by atoms with Gasteiger partial charge in [0.2, 0.25) is 0 Å². The Kier molecular flexibility index (Phi) is 3.78. The first-order valence-electron chi connectivity index (χ1n) is 5.96. The van der Waals surface area contributed by atoms with Crippen LogP contribution in [0.2, 0.25) is 0 Å². The molecule has 0 aromatic carbocycles. The van der Waals surface area contributed by atoms with Crippen molar-refractivity contribution in [1.82, 2.24) is 5.16 Å². The first-order chi connectivity index (χ1) is 8.24. The van der Waals surface area contributed by atoms with Gasteiger partial charge < -0.3 is 14.2 Å². The molecular formula is C12H18N2O3. The fourth-order valence-corrected chi connectivity index (χ4v) is 2.41. The number of nitrogens with zero attached hydrogens (tertiary/aromatic N) is 2. The Morgan fingerprint density at radius 2 is 2.29 bits per heavy atom. The molecule has 17 heavy (non-hydrogen) atoms. The van der Waals surface area contributed by atoms with E-state index in [1.54, 1.807) is 11.1 Å². The van der Waals surface area contributed by atoms with E-state index in [1.165, 1.54) is 20.0 Å². The summed E-state index contributed by atoms with van der Waals surface area (Å²) in [6, 6.07) is 0.260. The number of aryl methyl sites for hydroxylation is 1. The van der Waals surface area contributed by atoms with E-state index in [-0.39, 0.29) is 18.6 Å². The van der Waals surface area contributed by atoms with Crippen molar-refractivity contribution in [3.8, 4) is 0 Å². The molecule has 1 amide bonds. The number of aromatic nitrogens is 1. The zero-order valence-corrected chi connectivity index (χ0v) is 10.3. The van der Waals surface area contributed by atoms with Gasteiger partial charge in [0.15, 0.2) is 5.76 Å². The van der Waals surface area contributed by atoms with Crippen LogP contribution in [0, 0.1) is 6.92 Å². The van der Waals surface area contributed by atoms with Crippen LogP contribution in [0.3, 0.4) is 0 Å². The molecule has 0 unspecified atom stereocenters. The third-order valence-electron chi connectivity index (χ3n) is 3.21. The van der Waals surface area contributed by atoms with E-state index < -0.39 is 0 Å². The number of ether oxygens (including phenoxy) is 1. The molecule has 0 saturated heterocycles. The Balaban J connectivity index is 2.23. The maximum Gasteiger partial charge on any atom is 0.253 e. The van der Waals surface area contributed by atoms with Crippen LogP contribution < -0.4 is 4.90 Å². The van der Waals surface area contributed by atoms with Crippen LogP contribution in [0.4, 0.5) is 5.69 Å². The molecule has 1 aromatic rings. The normalized spacial score (nSPS) is 16.4. The molecule has 1 aromatic heterocycles. The van der Waals surface area contributed by atoms with Crippen molar-refractivity contribution in [2.24, 2.45) is 0 Å². The predicted octanol–water partition coefficient (Wildman–Crippen LogP) is 1.91. The first-order valence-corrected chi connectivity index (χ1v) is 5.96. The molecule has 1 saturated carbocycles. The first kappa shape index (κ1) is 12.1. The molecular weight excluding hydrogens is 220 g/mol. The van der Waals surface area contributed by atoms with Crippen molar-refractivity contribution in [2.45, 2.75) is 38.6 Å². The number of rotatable bonds is 4. The summed E-state index contributed by atoms with van der Waals surface area (Å²) in [5.74, 6) is 0.659. The van der Waals surface area contributed by atoms with Crippen LogP contribution in [0.25, 0.3) is 0 Å². The topological polar surface area (TPSA) is 55.6 Å². The molecule has 1 fully saturated rings. The molecule has 1 aliphatic rings. The van der Waals surface area contributed by atoms with Crippen molar-refractivity contribution in [1.29, 1.82) is 0 Å². The third kappa shape index (κ3) is 2.49. The molecule has 0 atom stereocenters. The molecule has 5 heteroatoms. The van der Waals surface area contributed by atoms with Gasteiger partial charge in [-0.3, -0.25) is 4.79 Å². The summed E-state index contributed by atoms with van der Waals surface area (Å²) in [7, 11) is 1.53. The highest BCUT2D eigenvalue weighted by Gasteiger charge is 2.30. The van der Waals surface area contributed by atoms with Crippen molar-refractivity contribution >= 4 is 11.6 Å². The fraction of sp³-hybridized carbons (Fsp3) is 0.667. The van der Waals surface area contributed by atoms with Gasteiger partial charge in [-0.25, -0.2) is 0 Å². The van der Waals surface area contributed by atoms with E-state index in [4.69, 9.17) is 9.26 Å². The summed E-state index contributed by atoms with van der Waals surface area (Å²) in [5.41, 5.74) is 0.777.